The van der Waals surface area contributed by atoms with Crippen LogP contribution in [-0.4, -0.2) is 51.2 Å². The quantitative estimate of drug-likeness (QED) is 0.0808. The van der Waals surface area contributed by atoms with Crippen molar-refractivity contribution in [2.24, 2.45) is 0 Å². The maximum absolute atomic E-state index is 13.1. The lowest BCUT2D eigenvalue weighted by atomic mass is 10.0. The molecule has 4 rings (SSSR count). The van der Waals surface area contributed by atoms with Crippen molar-refractivity contribution in [2.75, 3.05) is 0 Å². The highest BCUT2D eigenvalue weighted by molar-refractivity contribution is 5.95. The third-order valence-electron chi connectivity index (χ3n) is 7.97. The molecule has 0 aromatic carbocycles. The predicted octanol–water partition coefficient (Wildman–Crippen LogP) is 7.91. The molecule has 0 fully saturated rings. The van der Waals surface area contributed by atoms with E-state index in [9.17, 15) is 9.90 Å². The number of aromatic nitrogens is 8. The van der Waals surface area contributed by atoms with Crippen LogP contribution in [0.1, 0.15) is 138 Å². The lowest BCUT2D eigenvalue weighted by Crippen LogP contribution is -2.12. The van der Waals surface area contributed by atoms with Crippen molar-refractivity contribution >= 4 is 5.78 Å². The van der Waals surface area contributed by atoms with Crippen LogP contribution in [0, 0.1) is 0 Å². The Kier molecular flexibility index (Phi) is 13.8. The SMILES string of the molecule is CCCCCc1nnc(-c2cccc(-c3cccc(-c4nnc(CCCCC)c(C(O)CCCC)n4)n3)n2)nc1C(=O)CCCC. The number of hydrogen-bond donors (Lipinski definition) is 1. The normalized spacial score (nSPS) is 11.9. The molecule has 0 saturated heterocycles. The Morgan fingerprint density at radius 1 is 0.609 bits per heavy atom. The molecule has 244 valence electrons. The fourth-order valence-corrected chi connectivity index (χ4v) is 5.24. The molecule has 0 spiro atoms. The van der Waals surface area contributed by atoms with Crippen LogP contribution in [-0.2, 0) is 12.8 Å². The Hall–Kier alpha value is -4.05. The lowest BCUT2D eigenvalue weighted by Gasteiger charge is -2.14. The Balaban J connectivity index is 1.65. The average molecular weight is 625 g/mol. The first-order valence-electron chi connectivity index (χ1n) is 17.1. The number of carbonyl (C=O) groups is 1. The number of ketones is 1. The van der Waals surface area contributed by atoms with Gasteiger partial charge in [0.25, 0.3) is 0 Å². The summed E-state index contributed by atoms with van der Waals surface area (Å²) in [5.74, 6) is 0.678. The van der Waals surface area contributed by atoms with Gasteiger partial charge in [0, 0.05) is 6.42 Å². The summed E-state index contributed by atoms with van der Waals surface area (Å²) in [5, 5.41) is 28.8. The van der Waals surface area contributed by atoms with Gasteiger partial charge < -0.3 is 5.11 Å². The second-order valence-electron chi connectivity index (χ2n) is 11.8. The summed E-state index contributed by atoms with van der Waals surface area (Å²) in [4.78, 5) is 32.2. The van der Waals surface area contributed by atoms with E-state index in [-0.39, 0.29) is 5.78 Å². The molecule has 1 N–H and O–H groups in total. The number of aliphatic hydroxyl groups is 1. The van der Waals surface area contributed by atoms with E-state index in [0.717, 1.165) is 76.3 Å². The largest absolute Gasteiger partial charge is 0.387 e. The Morgan fingerprint density at radius 3 is 1.72 bits per heavy atom. The van der Waals surface area contributed by atoms with Crippen molar-refractivity contribution < 1.29 is 9.90 Å². The zero-order valence-electron chi connectivity index (χ0n) is 27.9. The third kappa shape index (κ3) is 9.48. The molecule has 0 aliphatic rings. The summed E-state index contributed by atoms with van der Waals surface area (Å²) in [6.07, 6.45) is 11.7. The molecule has 0 aliphatic carbocycles. The number of aryl methyl sites for hydroxylation is 2. The van der Waals surface area contributed by atoms with Crippen LogP contribution in [0.5, 0.6) is 0 Å². The number of rotatable bonds is 19. The summed E-state index contributed by atoms with van der Waals surface area (Å²) in [7, 11) is 0. The molecule has 1 atom stereocenters. The highest BCUT2D eigenvalue weighted by Gasteiger charge is 2.20. The first kappa shape index (κ1) is 34.8. The van der Waals surface area contributed by atoms with Gasteiger partial charge in [-0.05, 0) is 62.8 Å². The van der Waals surface area contributed by atoms with Crippen molar-refractivity contribution in [1.29, 1.82) is 0 Å². The second kappa shape index (κ2) is 18.2. The second-order valence-corrected chi connectivity index (χ2v) is 11.8. The molecule has 46 heavy (non-hydrogen) atoms. The molecule has 4 heterocycles. The number of carbonyl (C=O) groups excluding carboxylic acids is 1. The van der Waals surface area contributed by atoms with Gasteiger partial charge in [-0.3, -0.25) is 4.79 Å². The van der Waals surface area contributed by atoms with E-state index in [1.807, 2.05) is 36.4 Å². The van der Waals surface area contributed by atoms with E-state index in [1.54, 1.807) is 0 Å². The van der Waals surface area contributed by atoms with Crippen LogP contribution >= 0.6 is 0 Å². The van der Waals surface area contributed by atoms with Gasteiger partial charge in [0.15, 0.2) is 5.78 Å². The van der Waals surface area contributed by atoms with Gasteiger partial charge in [-0.25, -0.2) is 19.9 Å². The van der Waals surface area contributed by atoms with Crippen molar-refractivity contribution in [3.05, 3.63) is 59.2 Å². The molecule has 0 radical (unpaired) electrons. The van der Waals surface area contributed by atoms with Crippen LogP contribution in [0.4, 0.5) is 0 Å². The molecule has 4 aromatic rings. The highest BCUT2D eigenvalue weighted by Crippen LogP contribution is 2.26. The molecule has 0 saturated carbocycles. The van der Waals surface area contributed by atoms with E-state index in [1.165, 1.54) is 0 Å². The molecule has 10 heteroatoms. The summed E-state index contributed by atoms with van der Waals surface area (Å²) < 4.78 is 0. The molecule has 0 amide bonds. The van der Waals surface area contributed by atoms with Gasteiger partial charge in [-0.15, -0.1) is 10.2 Å². The fourth-order valence-electron chi connectivity index (χ4n) is 5.24. The smallest absolute Gasteiger partial charge is 0.201 e. The number of nitrogens with zero attached hydrogens (tertiary/aromatic N) is 8. The van der Waals surface area contributed by atoms with Crippen LogP contribution < -0.4 is 0 Å². The molecule has 1 unspecified atom stereocenters. The first-order valence-corrected chi connectivity index (χ1v) is 17.1. The van der Waals surface area contributed by atoms with Gasteiger partial charge in [-0.2, -0.15) is 10.2 Å². The third-order valence-corrected chi connectivity index (χ3v) is 7.97. The zero-order valence-corrected chi connectivity index (χ0v) is 27.9. The summed E-state index contributed by atoms with van der Waals surface area (Å²) >= 11 is 0. The van der Waals surface area contributed by atoms with Gasteiger partial charge in [0.1, 0.15) is 17.1 Å². The minimum atomic E-state index is -0.697. The summed E-state index contributed by atoms with van der Waals surface area (Å²) in [6, 6.07) is 11.1. The Labute approximate surface area is 273 Å². The van der Waals surface area contributed by atoms with E-state index < -0.39 is 6.10 Å². The van der Waals surface area contributed by atoms with E-state index >= 15 is 0 Å². The van der Waals surface area contributed by atoms with Crippen molar-refractivity contribution in [3.8, 4) is 34.4 Å². The van der Waals surface area contributed by atoms with Crippen LogP contribution in [0.2, 0.25) is 0 Å². The van der Waals surface area contributed by atoms with Crippen molar-refractivity contribution in [3.63, 3.8) is 0 Å². The van der Waals surface area contributed by atoms with Gasteiger partial charge in [0.05, 0.1) is 34.6 Å². The lowest BCUT2D eigenvalue weighted by molar-refractivity contribution is 0.0973. The monoisotopic (exact) mass is 624 g/mol. The Morgan fingerprint density at radius 2 is 1.13 bits per heavy atom. The van der Waals surface area contributed by atoms with E-state index in [4.69, 9.17) is 19.9 Å². The number of aliphatic hydroxyl groups excluding tert-OH is 1. The van der Waals surface area contributed by atoms with E-state index in [0.29, 0.717) is 70.8 Å². The highest BCUT2D eigenvalue weighted by atomic mass is 16.3. The summed E-state index contributed by atoms with van der Waals surface area (Å²) in [6.45, 7) is 8.49. The Bertz CT molecular complexity index is 1560. The van der Waals surface area contributed by atoms with Crippen LogP contribution in [0.25, 0.3) is 34.4 Å². The molecule has 0 bridgehead atoms. The van der Waals surface area contributed by atoms with Gasteiger partial charge in [-0.1, -0.05) is 84.8 Å². The average Bonchev–Trinajstić information content (AvgIpc) is 3.10. The first-order chi connectivity index (χ1) is 22.5. The molecular formula is C36H48N8O2. The number of unbranched alkanes of at least 4 members (excludes halogenated alkanes) is 6. The molecule has 0 aliphatic heterocycles. The van der Waals surface area contributed by atoms with Crippen molar-refractivity contribution in [1.82, 2.24) is 40.3 Å². The molecular weight excluding hydrogens is 576 g/mol. The van der Waals surface area contributed by atoms with Crippen LogP contribution in [0.15, 0.2) is 36.4 Å². The number of Topliss-reactive ketones (excluding diaryl/α,β-unsaturated/α-hetero) is 1. The zero-order chi connectivity index (χ0) is 32.7. The molecule has 10 nitrogen and oxygen atoms in total. The minimum absolute atomic E-state index is 0.000746. The van der Waals surface area contributed by atoms with Crippen LogP contribution in [0.3, 0.4) is 0 Å². The van der Waals surface area contributed by atoms with Crippen molar-refractivity contribution in [2.45, 2.75) is 124 Å². The standard InChI is InChI=1S/C36H48N8O2/c1-5-9-13-17-27-33(31(45)23-11-7-3)39-35(43-41-27)29-21-15-19-25(37-29)26-20-16-22-30(38-26)36-40-34(32(46)24-12-8-4)28(42-44-36)18-14-10-6-2/h15-16,19-22,31,45H,5-14,17-18,23-24H2,1-4H3. The number of pyridine rings is 2. The van der Waals surface area contributed by atoms with Gasteiger partial charge in [0.2, 0.25) is 11.6 Å². The topological polar surface area (TPSA) is 140 Å². The van der Waals surface area contributed by atoms with E-state index in [2.05, 4.69) is 48.1 Å². The number of hydrogen-bond acceptors (Lipinski definition) is 10. The molecule has 4 aromatic heterocycles. The predicted molar refractivity (Wildman–Crippen MR) is 180 cm³/mol. The maximum Gasteiger partial charge on any atom is 0.201 e. The summed E-state index contributed by atoms with van der Waals surface area (Å²) in [5.41, 5.74) is 4.69. The van der Waals surface area contributed by atoms with Gasteiger partial charge >= 0.3 is 0 Å². The minimum Gasteiger partial charge on any atom is -0.387 e. The maximum atomic E-state index is 13.1. The fraction of sp³-hybridized carbons (Fsp3) is 0.528.